The van der Waals surface area contributed by atoms with Crippen molar-refractivity contribution in [2.45, 2.75) is 12.5 Å². The second-order valence-corrected chi connectivity index (χ2v) is 6.16. The number of carbonyl (C=O) groups is 2. The van der Waals surface area contributed by atoms with Crippen LogP contribution >= 0.6 is 0 Å². The Balaban J connectivity index is 1.50. The molecule has 1 aliphatic rings. The maximum atomic E-state index is 12.1. The quantitative estimate of drug-likeness (QED) is 0.633. The fourth-order valence-electron chi connectivity index (χ4n) is 2.58. The minimum absolute atomic E-state index is 0.0945. The first kappa shape index (κ1) is 21.2. The summed E-state index contributed by atoms with van der Waals surface area (Å²) in [5, 5.41) is 14.7. The number of carbonyl (C=O) groups excluding carboxylic acids is 2. The van der Waals surface area contributed by atoms with Gasteiger partial charge < -0.3 is 30.0 Å². The summed E-state index contributed by atoms with van der Waals surface area (Å²) in [4.78, 5) is 23.8. The third-order valence-electron chi connectivity index (χ3n) is 3.96. The van der Waals surface area contributed by atoms with Crippen LogP contribution in [0, 0.1) is 0 Å². The Morgan fingerprint density at radius 2 is 1.70 bits per heavy atom. The lowest BCUT2D eigenvalue weighted by Crippen LogP contribution is -2.37. The van der Waals surface area contributed by atoms with Crippen LogP contribution in [0.5, 0.6) is 17.2 Å². The van der Waals surface area contributed by atoms with Crippen molar-refractivity contribution < 1.29 is 42.1 Å². The highest BCUT2D eigenvalue weighted by molar-refractivity contribution is 6.39. The zero-order valence-corrected chi connectivity index (χ0v) is 15.4. The fraction of sp³-hybridized carbons (Fsp3) is 0.263. The molecule has 8 nitrogen and oxygen atoms in total. The summed E-state index contributed by atoms with van der Waals surface area (Å²) in [5.74, 6) is -1.52. The highest BCUT2D eigenvalue weighted by Crippen LogP contribution is 2.32. The van der Waals surface area contributed by atoms with E-state index >= 15 is 0 Å². The van der Waals surface area contributed by atoms with Gasteiger partial charge in [-0.25, -0.2) is 0 Å². The summed E-state index contributed by atoms with van der Waals surface area (Å²) >= 11 is 0. The highest BCUT2D eigenvalue weighted by atomic mass is 19.4. The van der Waals surface area contributed by atoms with Crippen LogP contribution in [-0.4, -0.2) is 43.0 Å². The monoisotopic (exact) mass is 426 g/mol. The fourth-order valence-corrected chi connectivity index (χ4v) is 2.58. The molecule has 0 spiro atoms. The molecule has 30 heavy (non-hydrogen) atoms. The maximum Gasteiger partial charge on any atom is 0.573 e. The lowest BCUT2D eigenvalue weighted by atomic mass is 10.1. The van der Waals surface area contributed by atoms with Gasteiger partial charge in [0, 0.05) is 12.2 Å². The Morgan fingerprint density at radius 3 is 2.37 bits per heavy atom. The van der Waals surface area contributed by atoms with Crippen molar-refractivity contribution >= 4 is 17.5 Å². The average molecular weight is 426 g/mol. The van der Waals surface area contributed by atoms with Crippen LogP contribution in [-0.2, 0) is 9.59 Å². The van der Waals surface area contributed by atoms with Gasteiger partial charge in [-0.05, 0) is 42.0 Å². The predicted molar refractivity (Wildman–Crippen MR) is 97.2 cm³/mol. The number of ether oxygens (including phenoxy) is 3. The number of nitrogens with one attached hydrogen (secondary N) is 2. The Morgan fingerprint density at radius 1 is 1.03 bits per heavy atom. The van der Waals surface area contributed by atoms with Crippen LogP contribution in [0.2, 0.25) is 0 Å². The van der Waals surface area contributed by atoms with Crippen LogP contribution in [0.15, 0.2) is 42.5 Å². The van der Waals surface area contributed by atoms with E-state index in [1.54, 1.807) is 18.2 Å². The van der Waals surface area contributed by atoms with Gasteiger partial charge in [-0.1, -0.05) is 6.07 Å². The molecule has 160 valence electrons. The number of amides is 2. The Labute approximate surface area is 168 Å². The van der Waals surface area contributed by atoms with Gasteiger partial charge in [-0.3, -0.25) is 9.59 Å². The van der Waals surface area contributed by atoms with Crippen molar-refractivity contribution in [3.8, 4) is 17.2 Å². The minimum Gasteiger partial charge on any atom is -0.486 e. The normalized spacial score (nSPS) is 13.9. The first-order chi connectivity index (χ1) is 14.2. The zero-order chi connectivity index (χ0) is 21.7. The molecule has 0 aliphatic carbocycles. The summed E-state index contributed by atoms with van der Waals surface area (Å²) in [6, 6.07) is 9.10. The van der Waals surface area contributed by atoms with Crippen molar-refractivity contribution in [3.63, 3.8) is 0 Å². The van der Waals surface area contributed by atoms with E-state index in [-0.39, 0.29) is 12.2 Å². The number of hydrogen-bond donors (Lipinski definition) is 3. The van der Waals surface area contributed by atoms with Gasteiger partial charge in [0.15, 0.2) is 11.5 Å². The predicted octanol–water partition coefficient (Wildman–Crippen LogP) is 2.14. The molecule has 3 N–H and O–H groups in total. The number of hydrogen-bond acceptors (Lipinski definition) is 6. The van der Waals surface area contributed by atoms with Crippen LogP contribution in [0.3, 0.4) is 0 Å². The third kappa shape index (κ3) is 5.77. The van der Waals surface area contributed by atoms with Crippen LogP contribution in [0.1, 0.15) is 11.7 Å². The van der Waals surface area contributed by atoms with Crippen LogP contribution in [0.4, 0.5) is 18.9 Å². The molecule has 2 amide bonds. The summed E-state index contributed by atoms with van der Waals surface area (Å²) < 4.78 is 50.9. The van der Waals surface area contributed by atoms with Gasteiger partial charge in [0.2, 0.25) is 0 Å². The molecule has 1 aliphatic heterocycles. The molecule has 11 heteroatoms. The zero-order valence-electron chi connectivity index (χ0n) is 15.4. The second-order valence-electron chi connectivity index (χ2n) is 6.16. The van der Waals surface area contributed by atoms with E-state index in [1.807, 2.05) is 0 Å². The number of rotatable bonds is 5. The SMILES string of the molecule is O=C(NC[C@H](O)c1ccc2c(c1)OCCO2)C(=O)Nc1ccc(OC(F)(F)F)cc1. The Bertz CT molecular complexity index is 917. The minimum atomic E-state index is -4.83. The molecular formula is C19H17F3N2O6. The third-order valence-corrected chi connectivity index (χ3v) is 3.96. The lowest BCUT2D eigenvalue weighted by molar-refractivity contribution is -0.274. The van der Waals surface area contributed by atoms with Crippen molar-refractivity contribution in [2.24, 2.45) is 0 Å². The first-order valence-electron chi connectivity index (χ1n) is 8.74. The van der Waals surface area contributed by atoms with E-state index in [9.17, 15) is 27.9 Å². The molecule has 0 saturated heterocycles. The number of aliphatic hydroxyl groups excluding tert-OH is 1. The first-order valence-corrected chi connectivity index (χ1v) is 8.74. The van der Waals surface area contributed by atoms with E-state index in [1.165, 1.54) is 0 Å². The van der Waals surface area contributed by atoms with E-state index in [0.717, 1.165) is 24.3 Å². The molecule has 3 rings (SSSR count). The molecule has 0 fully saturated rings. The summed E-state index contributed by atoms with van der Waals surface area (Å²) in [5.41, 5.74) is 0.553. The Hall–Kier alpha value is -3.47. The number of benzene rings is 2. The van der Waals surface area contributed by atoms with Gasteiger partial charge in [0.1, 0.15) is 19.0 Å². The number of aliphatic hydroxyl groups is 1. The van der Waals surface area contributed by atoms with Crippen molar-refractivity contribution in [1.82, 2.24) is 5.32 Å². The van der Waals surface area contributed by atoms with Crippen LogP contribution in [0.25, 0.3) is 0 Å². The molecule has 0 saturated carbocycles. The molecule has 2 aromatic rings. The summed E-state index contributed by atoms with van der Waals surface area (Å²) in [7, 11) is 0. The number of alkyl halides is 3. The Kier molecular flexibility index (Phi) is 6.31. The number of fused-ring (bicyclic) bond motifs is 1. The smallest absolute Gasteiger partial charge is 0.486 e. The van der Waals surface area contributed by atoms with Crippen molar-refractivity contribution in [1.29, 1.82) is 0 Å². The van der Waals surface area contributed by atoms with Crippen LogP contribution < -0.4 is 24.8 Å². The highest BCUT2D eigenvalue weighted by Gasteiger charge is 2.31. The lowest BCUT2D eigenvalue weighted by Gasteiger charge is -2.20. The number of halogens is 3. The molecule has 2 aromatic carbocycles. The van der Waals surface area contributed by atoms with Gasteiger partial charge in [0.05, 0.1) is 6.10 Å². The molecule has 0 radical (unpaired) electrons. The second kappa shape index (κ2) is 8.91. The largest absolute Gasteiger partial charge is 0.573 e. The van der Waals surface area contributed by atoms with E-state index in [4.69, 9.17) is 9.47 Å². The summed E-state index contributed by atoms with van der Waals surface area (Å²) in [6.45, 7) is 0.565. The van der Waals surface area contributed by atoms with E-state index < -0.39 is 30.0 Å². The van der Waals surface area contributed by atoms with Gasteiger partial charge in [-0.15, -0.1) is 13.2 Å². The molecule has 1 atom stereocenters. The molecule has 0 unspecified atom stereocenters. The molecule has 0 bridgehead atoms. The average Bonchev–Trinajstić information content (AvgIpc) is 2.71. The van der Waals surface area contributed by atoms with E-state index in [0.29, 0.717) is 30.3 Å². The summed E-state index contributed by atoms with van der Waals surface area (Å²) in [6.07, 6.45) is -5.93. The van der Waals surface area contributed by atoms with Crippen molar-refractivity contribution in [3.05, 3.63) is 48.0 Å². The van der Waals surface area contributed by atoms with Gasteiger partial charge >= 0.3 is 18.2 Å². The molecule has 0 aromatic heterocycles. The van der Waals surface area contributed by atoms with Gasteiger partial charge in [-0.2, -0.15) is 0 Å². The maximum absolute atomic E-state index is 12.1. The standard InChI is InChI=1S/C19H17F3N2O6/c20-19(21,22)30-13-4-2-12(3-5-13)24-18(27)17(26)23-10-14(25)11-1-6-15-16(9-11)29-8-7-28-15/h1-6,9,14,25H,7-8,10H2,(H,23,26)(H,24,27)/t14-/m0/s1. The van der Waals surface area contributed by atoms with Crippen molar-refractivity contribution in [2.75, 3.05) is 25.1 Å². The number of anilines is 1. The molecular weight excluding hydrogens is 409 g/mol. The van der Waals surface area contributed by atoms with Gasteiger partial charge in [0.25, 0.3) is 0 Å². The topological polar surface area (TPSA) is 106 Å². The molecule has 1 heterocycles. The van der Waals surface area contributed by atoms with E-state index in [2.05, 4.69) is 15.4 Å².